The zero-order valence-corrected chi connectivity index (χ0v) is 15.8. The van der Waals surface area contributed by atoms with E-state index in [-0.39, 0.29) is 5.57 Å². The van der Waals surface area contributed by atoms with Gasteiger partial charge in [-0.05, 0) is 32.1 Å². The summed E-state index contributed by atoms with van der Waals surface area (Å²) < 4.78 is 0. The lowest BCUT2D eigenvalue weighted by molar-refractivity contribution is -0.144. The SMILES string of the molecule is C=C(C(=O)O)C(CCCC=CCCCCCCCCCCC)C(=O)O. The predicted molar refractivity (Wildman–Crippen MR) is 103 cm³/mol. The largest absolute Gasteiger partial charge is 0.481 e. The number of allylic oxidation sites excluding steroid dienone is 2. The van der Waals surface area contributed by atoms with Crippen LogP contribution in [0.25, 0.3) is 0 Å². The maximum Gasteiger partial charge on any atom is 0.331 e. The van der Waals surface area contributed by atoms with Gasteiger partial charge < -0.3 is 10.2 Å². The van der Waals surface area contributed by atoms with Crippen LogP contribution in [0, 0.1) is 5.92 Å². The highest BCUT2D eigenvalue weighted by molar-refractivity contribution is 5.93. The maximum atomic E-state index is 11.1. The van der Waals surface area contributed by atoms with Gasteiger partial charge >= 0.3 is 11.9 Å². The Bertz CT molecular complexity index is 412. The molecular formula is C21H36O4. The lowest BCUT2D eigenvalue weighted by atomic mass is 9.94. The van der Waals surface area contributed by atoms with Crippen molar-refractivity contribution in [2.75, 3.05) is 0 Å². The minimum Gasteiger partial charge on any atom is -0.481 e. The highest BCUT2D eigenvalue weighted by Crippen LogP contribution is 2.18. The number of hydrogen-bond donors (Lipinski definition) is 2. The van der Waals surface area contributed by atoms with Gasteiger partial charge in [-0.2, -0.15) is 0 Å². The van der Waals surface area contributed by atoms with Crippen molar-refractivity contribution >= 4 is 11.9 Å². The van der Waals surface area contributed by atoms with Crippen LogP contribution in [0.5, 0.6) is 0 Å². The number of carboxylic acids is 2. The van der Waals surface area contributed by atoms with Gasteiger partial charge in [-0.15, -0.1) is 0 Å². The van der Waals surface area contributed by atoms with Crippen molar-refractivity contribution in [1.82, 2.24) is 0 Å². The van der Waals surface area contributed by atoms with Gasteiger partial charge in [0, 0.05) is 5.57 Å². The molecule has 1 atom stereocenters. The third-order valence-electron chi connectivity index (χ3n) is 4.50. The Morgan fingerprint density at radius 3 is 1.80 bits per heavy atom. The summed E-state index contributed by atoms with van der Waals surface area (Å²) in [5.74, 6) is -3.32. The Hall–Kier alpha value is -1.58. The van der Waals surface area contributed by atoms with Crippen LogP contribution >= 0.6 is 0 Å². The number of carbonyl (C=O) groups is 2. The van der Waals surface area contributed by atoms with E-state index >= 15 is 0 Å². The van der Waals surface area contributed by atoms with Crippen molar-refractivity contribution in [3.63, 3.8) is 0 Å². The first-order valence-electron chi connectivity index (χ1n) is 9.80. The molecule has 0 amide bonds. The van der Waals surface area contributed by atoms with E-state index < -0.39 is 17.9 Å². The summed E-state index contributed by atoms with van der Waals surface area (Å²) in [6.45, 7) is 5.60. The van der Waals surface area contributed by atoms with Gasteiger partial charge in [0.2, 0.25) is 0 Å². The molecule has 0 aromatic rings. The van der Waals surface area contributed by atoms with E-state index in [9.17, 15) is 9.59 Å². The van der Waals surface area contributed by atoms with Gasteiger partial charge in [0.25, 0.3) is 0 Å². The van der Waals surface area contributed by atoms with Gasteiger partial charge in [0.15, 0.2) is 0 Å². The molecule has 0 heterocycles. The van der Waals surface area contributed by atoms with Gasteiger partial charge in [-0.25, -0.2) is 4.79 Å². The van der Waals surface area contributed by atoms with Crippen molar-refractivity contribution in [3.8, 4) is 0 Å². The van der Waals surface area contributed by atoms with Crippen molar-refractivity contribution in [1.29, 1.82) is 0 Å². The number of hydrogen-bond acceptors (Lipinski definition) is 2. The van der Waals surface area contributed by atoms with Crippen molar-refractivity contribution in [3.05, 3.63) is 24.3 Å². The quantitative estimate of drug-likeness (QED) is 0.192. The van der Waals surface area contributed by atoms with Crippen molar-refractivity contribution < 1.29 is 19.8 Å². The summed E-state index contributed by atoms with van der Waals surface area (Å²) in [4.78, 5) is 21.9. The summed E-state index contributed by atoms with van der Waals surface area (Å²) >= 11 is 0. The smallest absolute Gasteiger partial charge is 0.331 e. The third kappa shape index (κ3) is 13.4. The first kappa shape index (κ1) is 23.4. The molecule has 0 rings (SSSR count). The lowest BCUT2D eigenvalue weighted by Crippen LogP contribution is -2.20. The standard InChI is InChI=1S/C21H36O4/c1-3-4-5-6-7-8-9-10-11-12-13-14-15-16-17-19(21(24)25)18(2)20(22)23/h13-14,19H,2-12,15-17H2,1H3,(H,22,23)(H,24,25). The van der Waals surface area contributed by atoms with Gasteiger partial charge in [-0.1, -0.05) is 77.0 Å². The Labute approximate surface area is 153 Å². The second kappa shape index (κ2) is 15.9. The van der Waals surface area contributed by atoms with E-state index in [1.54, 1.807) is 0 Å². The van der Waals surface area contributed by atoms with Gasteiger partial charge in [0.05, 0.1) is 5.92 Å². The van der Waals surface area contributed by atoms with Crippen LogP contribution in [0.1, 0.15) is 90.4 Å². The van der Waals surface area contributed by atoms with Crippen LogP contribution in [-0.4, -0.2) is 22.2 Å². The molecule has 1 unspecified atom stereocenters. The number of aliphatic carboxylic acids is 2. The fourth-order valence-electron chi connectivity index (χ4n) is 2.84. The van der Waals surface area contributed by atoms with Gasteiger partial charge in [-0.3, -0.25) is 4.79 Å². The summed E-state index contributed by atoms with van der Waals surface area (Å²) in [6, 6.07) is 0. The number of carboxylic acid groups (broad SMARTS) is 2. The minimum absolute atomic E-state index is 0.230. The molecule has 0 saturated heterocycles. The summed E-state index contributed by atoms with van der Waals surface area (Å²) in [5, 5.41) is 17.9. The molecule has 0 saturated carbocycles. The van der Waals surface area contributed by atoms with Crippen LogP contribution in [0.15, 0.2) is 24.3 Å². The molecule has 2 N–H and O–H groups in total. The van der Waals surface area contributed by atoms with Crippen LogP contribution in [0.2, 0.25) is 0 Å². The fourth-order valence-corrected chi connectivity index (χ4v) is 2.84. The van der Waals surface area contributed by atoms with E-state index in [0.29, 0.717) is 12.8 Å². The Balaban J connectivity index is 3.58. The number of unbranched alkanes of at least 4 members (excludes halogenated alkanes) is 10. The molecule has 4 heteroatoms. The molecule has 0 aliphatic carbocycles. The Kier molecular flexibility index (Phi) is 14.9. The van der Waals surface area contributed by atoms with E-state index in [1.165, 1.54) is 57.8 Å². The van der Waals surface area contributed by atoms with Crippen molar-refractivity contribution in [2.45, 2.75) is 90.4 Å². The minimum atomic E-state index is -1.23. The molecule has 0 aromatic carbocycles. The number of rotatable bonds is 17. The van der Waals surface area contributed by atoms with E-state index in [2.05, 4.69) is 25.7 Å². The van der Waals surface area contributed by atoms with Crippen LogP contribution in [0.3, 0.4) is 0 Å². The zero-order chi connectivity index (χ0) is 18.9. The molecule has 0 spiro atoms. The zero-order valence-electron chi connectivity index (χ0n) is 15.8. The molecule has 0 radical (unpaired) electrons. The lowest BCUT2D eigenvalue weighted by Gasteiger charge is -2.10. The van der Waals surface area contributed by atoms with Gasteiger partial charge in [0.1, 0.15) is 0 Å². The van der Waals surface area contributed by atoms with E-state index in [0.717, 1.165) is 12.8 Å². The molecule has 4 nitrogen and oxygen atoms in total. The normalized spacial score (nSPS) is 12.4. The average molecular weight is 353 g/mol. The molecule has 0 aliphatic heterocycles. The first-order valence-corrected chi connectivity index (χ1v) is 9.80. The first-order chi connectivity index (χ1) is 12.0. The van der Waals surface area contributed by atoms with Crippen molar-refractivity contribution in [2.24, 2.45) is 5.92 Å². The molecule has 0 fully saturated rings. The topological polar surface area (TPSA) is 74.6 Å². The summed E-state index contributed by atoms with van der Waals surface area (Å²) in [7, 11) is 0. The predicted octanol–water partition coefficient (Wildman–Crippen LogP) is 5.98. The highest BCUT2D eigenvalue weighted by Gasteiger charge is 2.24. The molecule has 0 aromatic heterocycles. The third-order valence-corrected chi connectivity index (χ3v) is 4.50. The monoisotopic (exact) mass is 352 g/mol. The summed E-state index contributed by atoms with van der Waals surface area (Å²) in [5.41, 5.74) is -0.230. The second-order valence-electron chi connectivity index (χ2n) is 6.74. The average Bonchev–Trinajstić information content (AvgIpc) is 2.57. The molecule has 0 bridgehead atoms. The Morgan fingerprint density at radius 1 is 0.840 bits per heavy atom. The van der Waals surface area contributed by atoms with Crippen LogP contribution < -0.4 is 0 Å². The molecule has 144 valence electrons. The molecular weight excluding hydrogens is 316 g/mol. The van der Waals surface area contributed by atoms with E-state index in [4.69, 9.17) is 10.2 Å². The summed E-state index contributed by atoms with van der Waals surface area (Å²) in [6.07, 6.45) is 19.0. The molecule has 0 aliphatic rings. The molecule has 25 heavy (non-hydrogen) atoms. The fraction of sp³-hybridized carbons (Fsp3) is 0.714. The van der Waals surface area contributed by atoms with Crippen LogP contribution in [-0.2, 0) is 9.59 Å². The van der Waals surface area contributed by atoms with E-state index in [1.807, 2.05) is 0 Å². The van der Waals surface area contributed by atoms with Crippen LogP contribution in [0.4, 0.5) is 0 Å². The Morgan fingerprint density at radius 2 is 1.32 bits per heavy atom. The maximum absolute atomic E-state index is 11.1. The highest BCUT2D eigenvalue weighted by atomic mass is 16.4. The second-order valence-corrected chi connectivity index (χ2v) is 6.74.